The van der Waals surface area contributed by atoms with E-state index < -0.39 is 6.04 Å². The standard InChI is InChI=1S/C15H17ClN2O3S/c1-4-21-14(19)12-8(2)17-15(22)18-13(12)9-5-6-11(20-3)10(16)7-9/h5-7,13H,4H2,1-3H3,(H2,17,18,22)/t13-/m0/s1. The van der Waals surface area contributed by atoms with E-state index in [0.717, 1.165) is 5.56 Å². The molecule has 0 spiro atoms. The summed E-state index contributed by atoms with van der Waals surface area (Å²) in [6.45, 7) is 3.86. The van der Waals surface area contributed by atoms with E-state index in [2.05, 4.69) is 10.6 Å². The first-order valence-corrected chi connectivity index (χ1v) is 7.55. The number of hydrogen-bond acceptors (Lipinski definition) is 4. The van der Waals surface area contributed by atoms with Gasteiger partial charge in [-0.25, -0.2) is 4.79 Å². The normalized spacial score (nSPS) is 17.6. The molecule has 1 heterocycles. The van der Waals surface area contributed by atoms with Crippen LogP contribution < -0.4 is 15.4 Å². The lowest BCUT2D eigenvalue weighted by Gasteiger charge is -2.30. The molecule has 1 aliphatic heterocycles. The van der Waals surface area contributed by atoms with E-state index in [9.17, 15) is 4.79 Å². The van der Waals surface area contributed by atoms with Gasteiger partial charge in [-0.3, -0.25) is 0 Å². The largest absolute Gasteiger partial charge is 0.495 e. The molecular formula is C15H17ClN2O3S. The summed E-state index contributed by atoms with van der Waals surface area (Å²) in [6, 6.07) is 4.92. The van der Waals surface area contributed by atoms with Crippen molar-refractivity contribution in [2.75, 3.05) is 13.7 Å². The molecule has 1 aliphatic rings. The Morgan fingerprint density at radius 1 is 1.45 bits per heavy atom. The minimum absolute atomic E-state index is 0.302. The van der Waals surface area contributed by atoms with Gasteiger partial charge in [-0.2, -0.15) is 0 Å². The first-order chi connectivity index (χ1) is 10.5. The number of carbonyl (C=O) groups excluding carboxylic acids is 1. The van der Waals surface area contributed by atoms with Gasteiger partial charge >= 0.3 is 5.97 Å². The number of esters is 1. The van der Waals surface area contributed by atoms with Crippen LogP contribution >= 0.6 is 23.8 Å². The first-order valence-electron chi connectivity index (χ1n) is 6.76. The topological polar surface area (TPSA) is 59.6 Å². The molecule has 118 valence electrons. The summed E-state index contributed by atoms with van der Waals surface area (Å²) in [5.41, 5.74) is 1.95. The predicted octanol–water partition coefficient (Wildman–Crippen LogP) is 2.70. The Kier molecular flexibility index (Phi) is 5.26. The van der Waals surface area contributed by atoms with Crippen LogP contribution in [0.1, 0.15) is 25.5 Å². The van der Waals surface area contributed by atoms with Crippen molar-refractivity contribution < 1.29 is 14.3 Å². The molecule has 0 bridgehead atoms. The van der Waals surface area contributed by atoms with Gasteiger partial charge < -0.3 is 20.1 Å². The Morgan fingerprint density at radius 3 is 2.77 bits per heavy atom. The number of benzene rings is 1. The van der Waals surface area contributed by atoms with E-state index in [1.807, 2.05) is 6.07 Å². The second-order valence-corrected chi connectivity index (χ2v) is 5.50. The van der Waals surface area contributed by atoms with E-state index in [1.165, 1.54) is 0 Å². The summed E-state index contributed by atoms with van der Waals surface area (Å²) in [4.78, 5) is 12.2. The molecule has 0 aromatic heterocycles. The molecule has 0 unspecified atom stereocenters. The molecule has 1 aromatic carbocycles. The van der Waals surface area contributed by atoms with Gasteiger partial charge in [-0.15, -0.1) is 0 Å². The lowest BCUT2D eigenvalue weighted by Crippen LogP contribution is -2.45. The van der Waals surface area contributed by atoms with Crippen LogP contribution in [0.25, 0.3) is 0 Å². The highest BCUT2D eigenvalue weighted by molar-refractivity contribution is 7.80. The quantitative estimate of drug-likeness (QED) is 0.649. The van der Waals surface area contributed by atoms with Gasteiger partial charge in [0.15, 0.2) is 5.11 Å². The number of thiocarbonyl (C=S) groups is 1. The average molecular weight is 341 g/mol. The van der Waals surface area contributed by atoms with Crippen LogP contribution in [0.4, 0.5) is 0 Å². The number of allylic oxidation sites excluding steroid dienone is 1. The second-order valence-electron chi connectivity index (χ2n) is 4.68. The van der Waals surface area contributed by atoms with Crippen molar-refractivity contribution in [3.05, 3.63) is 40.1 Å². The maximum absolute atomic E-state index is 12.2. The van der Waals surface area contributed by atoms with E-state index in [-0.39, 0.29) is 5.97 Å². The van der Waals surface area contributed by atoms with E-state index in [4.69, 9.17) is 33.3 Å². The number of hydrogen-bond donors (Lipinski definition) is 2. The van der Waals surface area contributed by atoms with Gasteiger partial charge in [0.05, 0.1) is 30.4 Å². The fourth-order valence-electron chi connectivity index (χ4n) is 2.29. The third-order valence-corrected chi connectivity index (χ3v) is 3.79. The molecule has 1 aromatic rings. The molecule has 0 radical (unpaired) electrons. The Hall–Kier alpha value is -1.79. The summed E-state index contributed by atoms with van der Waals surface area (Å²) >= 11 is 11.4. The zero-order chi connectivity index (χ0) is 16.3. The van der Waals surface area contributed by atoms with E-state index >= 15 is 0 Å². The molecular weight excluding hydrogens is 324 g/mol. The molecule has 0 fully saturated rings. The lowest BCUT2D eigenvalue weighted by molar-refractivity contribution is -0.139. The van der Waals surface area contributed by atoms with Gasteiger partial charge in [-0.1, -0.05) is 17.7 Å². The highest BCUT2D eigenvalue weighted by Crippen LogP contribution is 2.32. The molecule has 1 atom stereocenters. The van der Waals surface area contributed by atoms with Crippen molar-refractivity contribution >= 4 is 34.9 Å². The van der Waals surface area contributed by atoms with Crippen molar-refractivity contribution in [3.63, 3.8) is 0 Å². The van der Waals surface area contributed by atoms with Crippen molar-refractivity contribution in [2.24, 2.45) is 0 Å². The van der Waals surface area contributed by atoms with Gasteiger partial charge in [0.2, 0.25) is 0 Å². The average Bonchev–Trinajstić information content (AvgIpc) is 2.46. The fourth-order valence-corrected chi connectivity index (χ4v) is 2.82. The van der Waals surface area contributed by atoms with Gasteiger partial charge in [0.25, 0.3) is 0 Å². The molecule has 0 amide bonds. The minimum atomic E-state index is -0.420. The second kappa shape index (κ2) is 6.98. The van der Waals surface area contributed by atoms with Gasteiger partial charge in [-0.05, 0) is 43.8 Å². The highest BCUT2D eigenvalue weighted by Gasteiger charge is 2.31. The van der Waals surface area contributed by atoms with Gasteiger partial charge in [0, 0.05) is 5.70 Å². The summed E-state index contributed by atoms with van der Waals surface area (Å²) in [6.07, 6.45) is 0. The van der Waals surface area contributed by atoms with Crippen molar-refractivity contribution in [2.45, 2.75) is 19.9 Å². The van der Waals surface area contributed by atoms with Crippen molar-refractivity contribution in [1.29, 1.82) is 0 Å². The molecule has 0 saturated carbocycles. The van der Waals surface area contributed by atoms with Crippen LogP contribution in [0, 0.1) is 0 Å². The van der Waals surface area contributed by atoms with Crippen LogP contribution in [-0.2, 0) is 9.53 Å². The first kappa shape index (κ1) is 16.6. The van der Waals surface area contributed by atoms with Crippen LogP contribution in [0.5, 0.6) is 5.75 Å². The monoisotopic (exact) mass is 340 g/mol. The number of methoxy groups -OCH3 is 1. The van der Waals surface area contributed by atoms with Crippen LogP contribution in [0.2, 0.25) is 5.02 Å². The van der Waals surface area contributed by atoms with Crippen molar-refractivity contribution in [3.8, 4) is 5.75 Å². The highest BCUT2D eigenvalue weighted by atomic mass is 35.5. The number of rotatable bonds is 4. The summed E-state index contributed by atoms with van der Waals surface area (Å²) < 4.78 is 10.3. The summed E-state index contributed by atoms with van der Waals surface area (Å²) in [5.74, 6) is 0.180. The Balaban J connectivity index is 2.45. The number of halogens is 1. The third-order valence-electron chi connectivity index (χ3n) is 3.27. The lowest BCUT2D eigenvalue weighted by atomic mass is 9.95. The van der Waals surface area contributed by atoms with E-state index in [0.29, 0.717) is 33.8 Å². The molecule has 0 aliphatic carbocycles. The zero-order valence-electron chi connectivity index (χ0n) is 12.5. The predicted molar refractivity (Wildman–Crippen MR) is 88.9 cm³/mol. The van der Waals surface area contributed by atoms with Crippen LogP contribution in [0.15, 0.2) is 29.5 Å². The number of nitrogens with one attached hydrogen (secondary N) is 2. The Bertz CT molecular complexity index is 646. The molecule has 2 rings (SSSR count). The van der Waals surface area contributed by atoms with Crippen LogP contribution in [-0.4, -0.2) is 24.8 Å². The smallest absolute Gasteiger partial charge is 0.338 e. The maximum Gasteiger partial charge on any atom is 0.338 e. The molecule has 0 saturated heterocycles. The maximum atomic E-state index is 12.2. The Morgan fingerprint density at radius 2 is 2.18 bits per heavy atom. The van der Waals surface area contributed by atoms with Crippen LogP contribution in [0.3, 0.4) is 0 Å². The fraction of sp³-hybridized carbons (Fsp3) is 0.333. The Labute approximate surface area is 139 Å². The molecule has 22 heavy (non-hydrogen) atoms. The zero-order valence-corrected chi connectivity index (χ0v) is 14.1. The number of ether oxygens (including phenoxy) is 2. The van der Waals surface area contributed by atoms with Crippen molar-refractivity contribution in [1.82, 2.24) is 10.6 Å². The molecule has 5 nitrogen and oxygen atoms in total. The molecule has 7 heteroatoms. The number of carbonyl (C=O) groups is 1. The van der Waals surface area contributed by atoms with Gasteiger partial charge in [0.1, 0.15) is 5.75 Å². The summed E-state index contributed by atoms with van der Waals surface area (Å²) in [5, 5.41) is 6.94. The van der Waals surface area contributed by atoms with E-state index in [1.54, 1.807) is 33.1 Å². The minimum Gasteiger partial charge on any atom is -0.495 e. The third kappa shape index (κ3) is 3.34. The summed E-state index contributed by atoms with van der Waals surface area (Å²) in [7, 11) is 1.55. The molecule has 2 N–H and O–H groups in total. The SMILES string of the molecule is CCOC(=O)C1=C(C)NC(=S)N[C@H]1c1ccc(OC)c(Cl)c1.